The van der Waals surface area contributed by atoms with Crippen LogP contribution >= 0.6 is 0 Å². The molecule has 2 aromatic rings. The maximum Gasteiger partial charge on any atom is 0.325 e. The Morgan fingerprint density at radius 3 is 2.68 bits per heavy atom. The average Bonchev–Trinajstić information content (AvgIpc) is 2.84. The van der Waals surface area contributed by atoms with Gasteiger partial charge in [0.25, 0.3) is 5.91 Å². The summed E-state index contributed by atoms with van der Waals surface area (Å²) >= 11 is 0. The summed E-state index contributed by atoms with van der Waals surface area (Å²) in [6, 6.07) is 8.79. The maximum atomic E-state index is 11.7. The Bertz CT molecular complexity index is 580. The first-order valence-electron chi connectivity index (χ1n) is 5.59. The van der Waals surface area contributed by atoms with Gasteiger partial charge in [-0.25, -0.2) is 4.68 Å². The molecule has 98 valence electrons. The van der Waals surface area contributed by atoms with Crippen molar-refractivity contribution in [3.63, 3.8) is 0 Å². The fraction of sp³-hybridized carbons (Fsp3) is 0.167. The summed E-state index contributed by atoms with van der Waals surface area (Å²) in [4.78, 5) is 22.2. The first-order valence-corrected chi connectivity index (χ1v) is 5.59. The van der Waals surface area contributed by atoms with E-state index < -0.39 is 5.97 Å². The van der Waals surface area contributed by atoms with Gasteiger partial charge >= 0.3 is 5.97 Å². The molecule has 0 fully saturated rings. The van der Waals surface area contributed by atoms with Crippen molar-refractivity contribution in [3.8, 4) is 0 Å². The van der Waals surface area contributed by atoms with Crippen molar-refractivity contribution in [2.75, 3.05) is 0 Å². The summed E-state index contributed by atoms with van der Waals surface area (Å²) in [5.74, 6) is -1.21. The highest BCUT2D eigenvalue weighted by Crippen LogP contribution is 1.99. The summed E-state index contributed by atoms with van der Waals surface area (Å²) in [5.41, 5.74) is 1.06. The number of carboxylic acid groups (broad SMARTS) is 1. The minimum Gasteiger partial charge on any atom is -0.480 e. The summed E-state index contributed by atoms with van der Waals surface area (Å²) < 4.78 is 1.20. The molecule has 0 atom stereocenters. The number of carbonyl (C=O) groups is 2. The summed E-state index contributed by atoms with van der Waals surface area (Å²) in [6.45, 7) is -0.0486. The minimum atomic E-state index is -0.996. The largest absolute Gasteiger partial charge is 0.480 e. The van der Waals surface area contributed by atoms with Crippen LogP contribution < -0.4 is 5.32 Å². The number of rotatable bonds is 5. The Morgan fingerprint density at radius 2 is 2.00 bits per heavy atom. The molecule has 19 heavy (non-hydrogen) atoms. The molecule has 0 unspecified atom stereocenters. The van der Waals surface area contributed by atoms with Crippen LogP contribution in [0.3, 0.4) is 0 Å². The number of aromatic nitrogens is 3. The number of aliphatic carboxylic acids is 1. The van der Waals surface area contributed by atoms with Crippen LogP contribution in [0.15, 0.2) is 36.5 Å². The quantitative estimate of drug-likeness (QED) is 0.805. The minimum absolute atomic E-state index is 0.202. The highest BCUT2D eigenvalue weighted by Gasteiger charge is 2.07. The predicted molar refractivity (Wildman–Crippen MR) is 65.3 cm³/mol. The number of benzene rings is 1. The first kappa shape index (κ1) is 12.7. The molecule has 0 radical (unpaired) electrons. The van der Waals surface area contributed by atoms with E-state index in [1.54, 1.807) is 24.3 Å². The fourth-order valence-corrected chi connectivity index (χ4v) is 1.50. The topological polar surface area (TPSA) is 97.1 Å². The molecule has 0 bridgehead atoms. The maximum absolute atomic E-state index is 11.7. The van der Waals surface area contributed by atoms with Crippen LogP contribution in [-0.4, -0.2) is 32.0 Å². The number of carboxylic acids is 1. The summed E-state index contributed by atoms with van der Waals surface area (Å²) in [7, 11) is 0. The number of carbonyl (C=O) groups excluding carboxylic acids is 1. The number of amides is 1. The highest BCUT2D eigenvalue weighted by molar-refractivity contribution is 5.93. The second-order valence-corrected chi connectivity index (χ2v) is 3.85. The van der Waals surface area contributed by atoms with E-state index in [1.807, 2.05) is 6.07 Å². The van der Waals surface area contributed by atoms with Gasteiger partial charge in [-0.1, -0.05) is 23.4 Å². The molecule has 0 aliphatic carbocycles. The third-order valence-electron chi connectivity index (χ3n) is 2.35. The number of hydrogen-bond donors (Lipinski definition) is 2. The van der Waals surface area contributed by atoms with Crippen LogP contribution in [0.5, 0.6) is 0 Å². The molecular formula is C12H12N4O3. The Hall–Kier alpha value is -2.70. The predicted octanol–water partition coefficient (Wildman–Crippen LogP) is 0.293. The molecule has 7 heteroatoms. The number of hydrogen-bond acceptors (Lipinski definition) is 4. The van der Waals surface area contributed by atoms with E-state index in [-0.39, 0.29) is 19.0 Å². The van der Waals surface area contributed by atoms with E-state index in [0.717, 1.165) is 0 Å². The van der Waals surface area contributed by atoms with Crippen LogP contribution in [0.25, 0.3) is 0 Å². The lowest BCUT2D eigenvalue weighted by molar-refractivity contribution is -0.137. The molecular weight excluding hydrogens is 248 g/mol. The van der Waals surface area contributed by atoms with Crippen molar-refractivity contribution in [1.82, 2.24) is 20.3 Å². The van der Waals surface area contributed by atoms with Crippen LogP contribution in [-0.2, 0) is 17.9 Å². The standard InChI is InChI=1S/C12H12N4O3/c17-11(18)8-16-7-10(14-15-16)6-13-12(19)9-4-2-1-3-5-9/h1-5,7H,6,8H2,(H,13,19)(H,17,18). The van der Waals surface area contributed by atoms with Crippen LogP contribution in [0.1, 0.15) is 16.1 Å². The van der Waals surface area contributed by atoms with Gasteiger partial charge in [-0.15, -0.1) is 5.10 Å². The van der Waals surface area contributed by atoms with Crippen molar-refractivity contribution in [2.24, 2.45) is 0 Å². The molecule has 2 N–H and O–H groups in total. The van der Waals surface area contributed by atoms with Crippen LogP contribution in [0.2, 0.25) is 0 Å². The van der Waals surface area contributed by atoms with Gasteiger partial charge in [-0.05, 0) is 12.1 Å². The second-order valence-electron chi connectivity index (χ2n) is 3.85. The summed E-state index contributed by atoms with van der Waals surface area (Å²) in [5, 5.41) is 18.7. The van der Waals surface area contributed by atoms with Crippen molar-refractivity contribution < 1.29 is 14.7 Å². The molecule has 7 nitrogen and oxygen atoms in total. The normalized spacial score (nSPS) is 10.1. The average molecular weight is 260 g/mol. The van der Waals surface area contributed by atoms with E-state index in [9.17, 15) is 9.59 Å². The van der Waals surface area contributed by atoms with Gasteiger partial charge in [-0.3, -0.25) is 9.59 Å². The fourth-order valence-electron chi connectivity index (χ4n) is 1.50. The molecule has 0 saturated carbocycles. The zero-order valence-electron chi connectivity index (χ0n) is 9.98. The molecule has 2 rings (SSSR count). The van der Waals surface area contributed by atoms with Gasteiger partial charge in [0, 0.05) is 5.56 Å². The van der Waals surface area contributed by atoms with Crippen molar-refractivity contribution >= 4 is 11.9 Å². The van der Waals surface area contributed by atoms with E-state index in [4.69, 9.17) is 5.11 Å². The molecule has 0 spiro atoms. The van der Waals surface area contributed by atoms with Gasteiger partial charge in [-0.2, -0.15) is 0 Å². The molecule has 0 saturated heterocycles. The molecule has 0 aliphatic rings. The Kier molecular flexibility index (Phi) is 3.87. The van der Waals surface area contributed by atoms with E-state index >= 15 is 0 Å². The van der Waals surface area contributed by atoms with Gasteiger partial charge < -0.3 is 10.4 Å². The first-order chi connectivity index (χ1) is 9.15. The van der Waals surface area contributed by atoms with Crippen LogP contribution in [0, 0.1) is 0 Å². The lowest BCUT2D eigenvalue weighted by atomic mass is 10.2. The Balaban J connectivity index is 1.90. The zero-order valence-corrected chi connectivity index (χ0v) is 9.98. The van der Waals surface area contributed by atoms with Crippen LogP contribution in [0.4, 0.5) is 0 Å². The van der Waals surface area contributed by atoms with E-state index in [2.05, 4.69) is 15.6 Å². The molecule has 1 amide bonds. The van der Waals surface area contributed by atoms with Crippen molar-refractivity contribution in [3.05, 3.63) is 47.8 Å². The van der Waals surface area contributed by atoms with Gasteiger partial charge in [0.15, 0.2) is 0 Å². The molecule has 1 heterocycles. The second kappa shape index (κ2) is 5.76. The highest BCUT2D eigenvalue weighted by atomic mass is 16.4. The number of nitrogens with zero attached hydrogens (tertiary/aromatic N) is 3. The van der Waals surface area contributed by atoms with E-state index in [0.29, 0.717) is 11.3 Å². The smallest absolute Gasteiger partial charge is 0.325 e. The SMILES string of the molecule is O=C(O)Cn1cc(CNC(=O)c2ccccc2)nn1. The van der Waals surface area contributed by atoms with Crippen molar-refractivity contribution in [1.29, 1.82) is 0 Å². The third-order valence-corrected chi connectivity index (χ3v) is 2.35. The summed E-state index contributed by atoms with van der Waals surface area (Å²) in [6.07, 6.45) is 1.49. The molecule has 1 aromatic carbocycles. The monoisotopic (exact) mass is 260 g/mol. The lowest BCUT2D eigenvalue weighted by Gasteiger charge is -2.02. The zero-order chi connectivity index (χ0) is 13.7. The van der Waals surface area contributed by atoms with Gasteiger partial charge in [0.1, 0.15) is 12.2 Å². The van der Waals surface area contributed by atoms with Gasteiger partial charge in [0.05, 0.1) is 12.7 Å². The van der Waals surface area contributed by atoms with E-state index in [1.165, 1.54) is 10.9 Å². The Morgan fingerprint density at radius 1 is 1.26 bits per heavy atom. The lowest BCUT2D eigenvalue weighted by Crippen LogP contribution is -2.22. The number of nitrogens with one attached hydrogen (secondary N) is 1. The Labute approximate surface area is 108 Å². The third kappa shape index (κ3) is 3.63. The molecule has 1 aromatic heterocycles. The molecule has 0 aliphatic heterocycles. The van der Waals surface area contributed by atoms with Crippen molar-refractivity contribution in [2.45, 2.75) is 13.1 Å². The van der Waals surface area contributed by atoms with Gasteiger partial charge in [0.2, 0.25) is 0 Å².